The molecule has 0 amide bonds. The maximum atomic E-state index is 13.1. The highest BCUT2D eigenvalue weighted by atomic mass is 32.2. The first-order valence-electron chi connectivity index (χ1n) is 9.74. The first-order valence-corrected chi connectivity index (χ1v) is 11.2. The van der Waals surface area contributed by atoms with Crippen molar-refractivity contribution < 1.29 is 22.7 Å². The summed E-state index contributed by atoms with van der Waals surface area (Å²) in [6.45, 7) is 6.21. The number of carboxylic acid groups (broad SMARTS) is 1. The summed E-state index contributed by atoms with van der Waals surface area (Å²) in [6.07, 6.45) is 0.972. The Labute approximate surface area is 179 Å². The summed E-state index contributed by atoms with van der Waals surface area (Å²) in [5, 5.41) is 13.2. The Morgan fingerprint density at radius 1 is 1.26 bits per heavy atom. The van der Waals surface area contributed by atoms with Gasteiger partial charge < -0.3 is 5.11 Å². The maximum Gasteiger partial charge on any atom is 0.311 e. The molecule has 0 aliphatic carbocycles. The van der Waals surface area contributed by atoms with Crippen molar-refractivity contribution >= 4 is 27.5 Å². The van der Waals surface area contributed by atoms with Crippen LogP contribution in [0.5, 0.6) is 0 Å². The van der Waals surface area contributed by atoms with Crippen molar-refractivity contribution in [3.63, 3.8) is 0 Å². The molecule has 0 radical (unpaired) electrons. The van der Waals surface area contributed by atoms with Gasteiger partial charge >= 0.3 is 5.97 Å². The lowest BCUT2D eigenvalue weighted by Crippen LogP contribution is -2.20. The van der Waals surface area contributed by atoms with Gasteiger partial charge in [-0.05, 0) is 49.9 Å². The zero-order valence-electron chi connectivity index (χ0n) is 17.7. The number of hydrogen-bond acceptors (Lipinski definition) is 6. The Hall–Kier alpha value is -3.08. The van der Waals surface area contributed by atoms with Crippen LogP contribution in [0.2, 0.25) is 0 Å². The van der Waals surface area contributed by atoms with Crippen LogP contribution in [0.3, 0.4) is 0 Å². The molecule has 2 N–H and O–H groups in total. The van der Waals surface area contributed by atoms with E-state index >= 15 is 0 Å². The Balaban J connectivity index is 2.11. The molecule has 0 aliphatic heterocycles. The monoisotopic (exact) mass is 449 g/mol. The van der Waals surface area contributed by atoms with Crippen LogP contribution >= 0.6 is 0 Å². The number of aromatic nitrogens is 4. The maximum absolute atomic E-state index is 13.1. The lowest BCUT2D eigenvalue weighted by Gasteiger charge is -2.20. The van der Waals surface area contributed by atoms with Crippen molar-refractivity contribution in [3.8, 4) is 0 Å². The number of alkyl halides is 1. The average Bonchev–Trinajstić information content (AvgIpc) is 3.16. The molecule has 3 aromatic rings. The second-order valence-electron chi connectivity index (χ2n) is 7.39. The number of halogens is 1. The topological polar surface area (TPSA) is 127 Å². The minimum absolute atomic E-state index is 0.0383. The lowest BCUT2D eigenvalue weighted by molar-refractivity contribution is -0.139. The Morgan fingerprint density at radius 2 is 1.97 bits per heavy atom. The van der Waals surface area contributed by atoms with Crippen LogP contribution in [-0.2, 0) is 21.5 Å². The van der Waals surface area contributed by atoms with Crippen molar-refractivity contribution in [2.75, 3.05) is 4.72 Å². The average molecular weight is 450 g/mol. The highest BCUT2D eigenvalue weighted by molar-refractivity contribution is 7.92. The minimum Gasteiger partial charge on any atom is -0.481 e. The van der Waals surface area contributed by atoms with Gasteiger partial charge in [-0.1, -0.05) is 25.5 Å². The number of fused-ring (bicyclic) bond motifs is 1. The number of nitrogens with one attached hydrogen (secondary N) is 1. The number of hydrogen-bond donors (Lipinski definition) is 2. The van der Waals surface area contributed by atoms with Gasteiger partial charge in [0.15, 0.2) is 0 Å². The van der Waals surface area contributed by atoms with E-state index in [-0.39, 0.29) is 17.2 Å². The number of rotatable bonds is 8. The molecule has 11 heteroatoms. The summed E-state index contributed by atoms with van der Waals surface area (Å²) in [4.78, 5) is 19.8. The number of sulfonamides is 1. The second kappa shape index (κ2) is 8.58. The van der Waals surface area contributed by atoms with Gasteiger partial charge in [-0.2, -0.15) is 13.4 Å². The predicted octanol–water partition coefficient (Wildman–Crippen LogP) is 3.29. The van der Waals surface area contributed by atoms with Crippen molar-refractivity contribution in [1.29, 1.82) is 0 Å². The Bertz CT molecular complexity index is 1260. The molecule has 0 aliphatic rings. The summed E-state index contributed by atoms with van der Waals surface area (Å²) in [6, 6.07) is 4.85. The fourth-order valence-electron chi connectivity index (χ4n) is 3.38. The van der Waals surface area contributed by atoms with E-state index in [0.717, 1.165) is 5.56 Å². The van der Waals surface area contributed by atoms with E-state index in [1.54, 1.807) is 32.9 Å². The molecule has 0 saturated carbocycles. The molecule has 1 unspecified atom stereocenters. The molecule has 9 nitrogen and oxygen atoms in total. The summed E-state index contributed by atoms with van der Waals surface area (Å²) in [7, 11) is -4.27. The quantitative estimate of drug-likeness (QED) is 0.540. The molecule has 2 heterocycles. The number of carboxylic acids is 1. The van der Waals surface area contributed by atoms with Gasteiger partial charge in [0.2, 0.25) is 0 Å². The molecule has 0 bridgehead atoms. The van der Waals surface area contributed by atoms with Crippen molar-refractivity contribution in [2.24, 2.45) is 0 Å². The summed E-state index contributed by atoms with van der Waals surface area (Å²) in [5.41, 5.74) is 2.59. The zero-order chi connectivity index (χ0) is 22.9. The SMILES string of the molecule is CCCC(C(=O)O)c1ccc(C)c(C)c1NS(=O)(=O)c1nc2nc(CF)cc(C)n2n1. The lowest BCUT2D eigenvalue weighted by atomic mass is 9.90. The van der Waals surface area contributed by atoms with E-state index < -0.39 is 33.7 Å². The van der Waals surface area contributed by atoms with Gasteiger partial charge in [-0.15, -0.1) is 5.10 Å². The molecule has 1 aromatic carbocycles. The first kappa shape index (κ1) is 22.6. The van der Waals surface area contributed by atoms with Crippen LogP contribution in [0.15, 0.2) is 23.4 Å². The molecule has 2 aromatic heterocycles. The first-order chi connectivity index (χ1) is 14.6. The normalized spacial score (nSPS) is 12.8. The highest BCUT2D eigenvalue weighted by Crippen LogP contribution is 2.34. The van der Waals surface area contributed by atoms with Crippen molar-refractivity contribution in [1.82, 2.24) is 19.6 Å². The predicted molar refractivity (Wildman–Crippen MR) is 112 cm³/mol. The smallest absolute Gasteiger partial charge is 0.311 e. The summed E-state index contributed by atoms with van der Waals surface area (Å²) >= 11 is 0. The zero-order valence-corrected chi connectivity index (χ0v) is 18.5. The molecular weight excluding hydrogens is 425 g/mol. The molecule has 3 rings (SSSR count). The van der Waals surface area contributed by atoms with E-state index in [0.29, 0.717) is 29.7 Å². The van der Waals surface area contributed by atoms with Gasteiger partial charge in [-0.25, -0.2) is 13.9 Å². The molecule has 166 valence electrons. The van der Waals surface area contributed by atoms with Gasteiger partial charge in [0.05, 0.1) is 17.3 Å². The molecule has 0 saturated heterocycles. The molecule has 0 spiro atoms. The van der Waals surface area contributed by atoms with Crippen LogP contribution < -0.4 is 4.72 Å². The third kappa shape index (κ3) is 4.36. The largest absolute Gasteiger partial charge is 0.481 e. The third-order valence-corrected chi connectivity index (χ3v) is 6.28. The number of anilines is 1. The minimum atomic E-state index is -4.27. The third-order valence-electron chi connectivity index (χ3n) is 5.16. The summed E-state index contributed by atoms with van der Waals surface area (Å²) in [5.74, 6) is -1.94. The van der Waals surface area contributed by atoms with E-state index in [1.807, 2.05) is 6.92 Å². The fraction of sp³-hybridized carbons (Fsp3) is 0.400. The van der Waals surface area contributed by atoms with Crippen molar-refractivity contribution in [2.45, 2.75) is 58.3 Å². The number of nitrogens with zero attached hydrogens (tertiary/aromatic N) is 4. The number of carbonyl (C=O) groups is 1. The van der Waals surface area contributed by atoms with Gasteiger partial charge in [0.1, 0.15) is 6.67 Å². The molecule has 1 atom stereocenters. The van der Waals surface area contributed by atoms with E-state index in [4.69, 9.17) is 0 Å². The Kier molecular flexibility index (Phi) is 6.25. The van der Waals surface area contributed by atoms with E-state index in [2.05, 4.69) is 19.8 Å². The van der Waals surface area contributed by atoms with Crippen LogP contribution in [-0.4, -0.2) is 39.1 Å². The molecule has 0 fully saturated rings. The van der Waals surface area contributed by atoms with Crippen LogP contribution in [0.1, 0.15) is 53.8 Å². The number of aliphatic carboxylic acids is 1. The second-order valence-corrected chi connectivity index (χ2v) is 8.96. The Morgan fingerprint density at radius 3 is 2.58 bits per heavy atom. The van der Waals surface area contributed by atoms with Crippen LogP contribution in [0, 0.1) is 20.8 Å². The fourth-order valence-corrected chi connectivity index (χ4v) is 4.41. The molecular formula is C20H24FN5O4S. The summed E-state index contributed by atoms with van der Waals surface area (Å²) < 4.78 is 42.9. The van der Waals surface area contributed by atoms with E-state index in [9.17, 15) is 22.7 Å². The number of aryl methyl sites for hydroxylation is 2. The van der Waals surface area contributed by atoms with Gasteiger partial charge in [0.25, 0.3) is 21.0 Å². The highest BCUT2D eigenvalue weighted by Gasteiger charge is 2.28. The van der Waals surface area contributed by atoms with E-state index in [1.165, 1.54) is 10.6 Å². The van der Waals surface area contributed by atoms with Crippen molar-refractivity contribution in [3.05, 3.63) is 46.3 Å². The van der Waals surface area contributed by atoms with Gasteiger partial charge in [-0.3, -0.25) is 9.52 Å². The van der Waals surface area contributed by atoms with Crippen LogP contribution in [0.4, 0.5) is 10.1 Å². The van der Waals surface area contributed by atoms with Gasteiger partial charge in [0, 0.05) is 5.69 Å². The number of benzene rings is 1. The standard InChI is InChI=1S/C20H24FN5O4S/c1-5-6-16(18(27)28)15-8-7-11(2)13(4)17(15)25-31(29,30)20-23-19-22-14(10-21)9-12(3)26(19)24-20/h7-9,16,25H,5-6,10H2,1-4H3,(H,27,28). The van der Waals surface area contributed by atoms with Crippen LogP contribution in [0.25, 0.3) is 5.78 Å². The molecule has 31 heavy (non-hydrogen) atoms.